The number of hydrogen-bond acceptors (Lipinski definition) is 2. The number of nitrogens with zero attached hydrogens (tertiary/aromatic N) is 3. The van der Waals surface area contributed by atoms with Crippen LogP contribution in [0.1, 0.15) is 0 Å². The molecule has 0 unspecified atom stereocenters. The molecule has 0 aliphatic heterocycles. The van der Waals surface area contributed by atoms with Gasteiger partial charge in [0.05, 0.1) is 5.69 Å². The molecule has 0 N–H and O–H groups in total. The van der Waals surface area contributed by atoms with Gasteiger partial charge in [0, 0.05) is 9.93 Å². The van der Waals surface area contributed by atoms with Gasteiger partial charge in [-0.2, -0.15) is 8.78 Å². The van der Waals surface area contributed by atoms with Crippen molar-refractivity contribution in [1.29, 1.82) is 0 Å². The number of rotatable bonds is 3. The third kappa shape index (κ3) is 2.76. The molecule has 1 aromatic carbocycles. The van der Waals surface area contributed by atoms with E-state index in [1.165, 1.54) is 18.2 Å². The summed E-state index contributed by atoms with van der Waals surface area (Å²) in [5, 5.41) is 3.43. The van der Waals surface area contributed by atoms with Crippen LogP contribution in [0, 0.1) is 0 Å². The molecule has 7 heteroatoms. The molecule has 1 rings (SSSR count). The Morgan fingerprint density at radius 2 is 2.21 bits per heavy atom. The van der Waals surface area contributed by atoms with Gasteiger partial charge in [-0.25, -0.2) is 0 Å². The van der Waals surface area contributed by atoms with Crippen LogP contribution >= 0.6 is 11.6 Å². The van der Waals surface area contributed by atoms with Crippen molar-refractivity contribution in [3.05, 3.63) is 33.7 Å². The first-order chi connectivity index (χ1) is 6.63. The summed E-state index contributed by atoms with van der Waals surface area (Å²) in [7, 11) is 0. The van der Waals surface area contributed by atoms with Gasteiger partial charge in [-0.3, -0.25) is 0 Å². The van der Waals surface area contributed by atoms with Crippen LogP contribution in [0.2, 0.25) is 5.02 Å². The summed E-state index contributed by atoms with van der Waals surface area (Å²) in [5.74, 6) is -0.206. The second-order valence-corrected chi connectivity index (χ2v) is 2.62. The molecule has 74 valence electrons. The standard InChI is InChI=1S/C7H4ClF2N3O/c8-4-1-2-6(14-7(9)10)5(3-4)12-13-11/h1-3,7H. The number of halogens is 3. The Balaban J connectivity index is 3.07. The average Bonchev–Trinajstić information content (AvgIpc) is 2.09. The molecule has 0 spiro atoms. The van der Waals surface area contributed by atoms with E-state index in [1.807, 2.05) is 0 Å². The second kappa shape index (κ2) is 4.64. The minimum atomic E-state index is -2.97. The van der Waals surface area contributed by atoms with Gasteiger partial charge in [-0.15, -0.1) is 0 Å². The molecule has 0 amide bonds. The third-order valence-electron chi connectivity index (χ3n) is 1.29. The van der Waals surface area contributed by atoms with Gasteiger partial charge < -0.3 is 4.74 Å². The Bertz CT molecular complexity index is 379. The highest BCUT2D eigenvalue weighted by atomic mass is 35.5. The summed E-state index contributed by atoms with van der Waals surface area (Å²) in [6.45, 7) is -2.97. The Labute approximate surface area is 82.7 Å². The summed E-state index contributed by atoms with van der Waals surface area (Å²) >= 11 is 5.56. The molecular formula is C7H4ClF2N3O. The lowest BCUT2D eigenvalue weighted by molar-refractivity contribution is -0.0494. The van der Waals surface area contributed by atoms with Crippen molar-refractivity contribution in [2.75, 3.05) is 0 Å². The van der Waals surface area contributed by atoms with E-state index < -0.39 is 6.61 Å². The molecule has 0 aliphatic carbocycles. The first-order valence-corrected chi connectivity index (χ1v) is 3.80. The zero-order valence-electron chi connectivity index (χ0n) is 6.69. The largest absolute Gasteiger partial charge is 0.434 e. The molecule has 0 atom stereocenters. The van der Waals surface area contributed by atoms with E-state index in [1.54, 1.807) is 0 Å². The SMILES string of the molecule is [N-]=[N+]=Nc1cc(Cl)ccc1OC(F)F. The summed E-state index contributed by atoms with van der Waals surface area (Å²) < 4.78 is 27.8. The Morgan fingerprint density at radius 3 is 2.79 bits per heavy atom. The van der Waals surface area contributed by atoms with Gasteiger partial charge in [0.25, 0.3) is 0 Å². The van der Waals surface area contributed by atoms with Gasteiger partial charge in [-0.1, -0.05) is 16.7 Å². The van der Waals surface area contributed by atoms with E-state index in [0.717, 1.165) is 0 Å². The van der Waals surface area contributed by atoms with Gasteiger partial charge in [0.2, 0.25) is 0 Å². The maximum absolute atomic E-state index is 11.9. The predicted molar refractivity (Wildman–Crippen MR) is 46.9 cm³/mol. The lowest BCUT2D eigenvalue weighted by Gasteiger charge is -2.06. The lowest BCUT2D eigenvalue weighted by Crippen LogP contribution is -2.01. The van der Waals surface area contributed by atoms with Gasteiger partial charge >= 0.3 is 6.61 Å². The van der Waals surface area contributed by atoms with Crippen LogP contribution in [0.25, 0.3) is 10.4 Å². The van der Waals surface area contributed by atoms with Crippen LogP contribution < -0.4 is 4.74 Å². The van der Waals surface area contributed by atoms with Crippen LogP contribution in [0.4, 0.5) is 14.5 Å². The zero-order chi connectivity index (χ0) is 10.6. The van der Waals surface area contributed by atoms with Crippen molar-refractivity contribution in [3.63, 3.8) is 0 Å². The van der Waals surface area contributed by atoms with Crippen molar-refractivity contribution in [2.24, 2.45) is 5.11 Å². The van der Waals surface area contributed by atoms with E-state index in [-0.39, 0.29) is 16.5 Å². The number of hydrogen-bond donors (Lipinski definition) is 0. The van der Waals surface area contributed by atoms with E-state index in [2.05, 4.69) is 14.8 Å². The van der Waals surface area contributed by atoms with Crippen LogP contribution in [-0.4, -0.2) is 6.61 Å². The van der Waals surface area contributed by atoms with Crippen LogP contribution in [-0.2, 0) is 0 Å². The van der Waals surface area contributed by atoms with Gasteiger partial charge in [-0.05, 0) is 23.7 Å². The van der Waals surface area contributed by atoms with Crippen LogP contribution in [0.15, 0.2) is 23.3 Å². The molecular weight excluding hydrogens is 216 g/mol. The van der Waals surface area contributed by atoms with Crippen molar-refractivity contribution >= 4 is 17.3 Å². The maximum atomic E-state index is 11.9. The fourth-order valence-corrected chi connectivity index (χ4v) is 0.979. The fraction of sp³-hybridized carbons (Fsp3) is 0.143. The van der Waals surface area contributed by atoms with E-state index in [0.29, 0.717) is 0 Å². The Kier molecular flexibility index (Phi) is 3.50. The van der Waals surface area contributed by atoms with Crippen molar-refractivity contribution in [2.45, 2.75) is 6.61 Å². The van der Waals surface area contributed by atoms with E-state index in [4.69, 9.17) is 17.1 Å². The topological polar surface area (TPSA) is 58.0 Å². The Morgan fingerprint density at radius 1 is 1.50 bits per heavy atom. The lowest BCUT2D eigenvalue weighted by atomic mass is 10.3. The highest BCUT2D eigenvalue weighted by molar-refractivity contribution is 6.30. The quantitative estimate of drug-likeness (QED) is 0.432. The summed E-state index contributed by atoms with van der Waals surface area (Å²) in [4.78, 5) is 2.46. The van der Waals surface area contributed by atoms with Crippen LogP contribution in [0.5, 0.6) is 5.75 Å². The smallest absolute Gasteiger partial charge is 0.387 e. The predicted octanol–water partition coefficient (Wildman–Crippen LogP) is 3.88. The summed E-state index contributed by atoms with van der Waals surface area (Å²) in [5.41, 5.74) is 8.07. The number of alkyl halides is 2. The average molecular weight is 220 g/mol. The first-order valence-electron chi connectivity index (χ1n) is 3.43. The molecule has 1 aromatic rings. The fourth-order valence-electron chi connectivity index (χ4n) is 0.812. The number of benzene rings is 1. The number of azide groups is 1. The van der Waals surface area contributed by atoms with Crippen molar-refractivity contribution < 1.29 is 13.5 Å². The minimum Gasteiger partial charge on any atom is -0.434 e. The van der Waals surface area contributed by atoms with E-state index in [9.17, 15) is 8.78 Å². The molecule has 0 heterocycles. The van der Waals surface area contributed by atoms with Crippen molar-refractivity contribution in [1.82, 2.24) is 0 Å². The molecule has 0 fully saturated rings. The van der Waals surface area contributed by atoms with Gasteiger partial charge in [0.15, 0.2) is 0 Å². The first kappa shape index (κ1) is 10.6. The van der Waals surface area contributed by atoms with E-state index >= 15 is 0 Å². The van der Waals surface area contributed by atoms with Crippen LogP contribution in [0.3, 0.4) is 0 Å². The normalized spacial score (nSPS) is 9.71. The maximum Gasteiger partial charge on any atom is 0.387 e. The highest BCUT2D eigenvalue weighted by Crippen LogP contribution is 2.31. The molecule has 0 bridgehead atoms. The minimum absolute atomic E-state index is 0.0692. The summed E-state index contributed by atoms with van der Waals surface area (Å²) in [6, 6.07) is 3.80. The molecule has 4 nitrogen and oxygen atoms in total. The Hall–Kier alpha value is -1.52. The molecule has 0 aliphatic rings. The number of ether oxygens (including phenoxy) is 1. The molecule has 0 aromatic heterocycles. The zero-order valence-corrected chi connectivity index (χ0v) is 7.45. The molecule has 0 radical (unpaired) electrons. The van der Waals surface area contributed by atoms with Crippen molar-refractivity contribution in [3.8, 4) is 5.75 Å². The third-order valence-corrected chi connectivity index (χ3v) is 1.52. The monoisotopic (exact) mass is 219 g/mol. The second-order valence-electron chi connectivity index (χ2n) is 2.18. The highest BCUT2D eigenvalue weighted by Gasteiger charge is 2.08. The molecule has 0 saturated heterocycles. The summed E-state index contributed by atoms with van der Waals surface area (Å²) in [6.07, 6.45) is 0. The van der Waals surface area contributed by atoms with Gasteiger partial charge in [0.1, 0.15) is 5.75 Å². The molecule has 0 saturated carbocycles. The molecule has 14 heavy (non-hydrogen) atoms.